The van der Waals surface area contributed by atoms with E-state index in [1.165, 1.54) is 6.33 Å². The summed E-state index contributed by atoms with van der Waals surface area (Å²) in [4.78, 5) is 24.5. The lowest BCUT2D eigenvalue weighted by atomic mass is 10.0. The van der Waals surface area contributed by atoms with Crippen LogP contribution in [0.3, 0.4) is 0 Å². The SMILES string of the molecule is CCCc1nnc(NC(=O)c2c[nH]c3c2-c2ncncc2CCC3)o1. The Morgan fingerprint density at radius 3 is 3.16 bits per heavy atom. The maximum Gasteiger partial charge on any atom is 0.322 e. The molecule has 3 heterocycles. The zero-order chi connectivity index (χ0) is 17.2. The van der Waals surface area contributed by atoms with Crippen LogP contribution in [0.2, 0.25) is 0 Å². The number of carbonyl (C=O) groups excluding carboxylic acids is 1. The van der Waals surface area contributed by atoms with Gasteiger partial charge < -0.3 is 9.40 Å². The van der Waals surface area contributed by atoms with E-state index in [1.54, 1.807) is 6.20 Å². The number of aromatic nitrogens is 5. The Labute approximate surface area is 144 Å². The highest BCUT2D eigenvalue weighted by Crippen LogP contribution is 2.33. The van der Waals surface area contributed by atoms with Crippen molar-refractivity contribution in [1.29, 1.82) is 0 Å². The lowest BCUT2D eigenvalue weighted by molar-refractivity contribution is 0.102. The first-order chi connectivity index (χ1) is 12.3. The number of nitrogens with one attached hydrogen (secondary N) is 2. The largest absolute Gasteiger partial charge is 0.408 e. The third kappa shape index (κ3) is 2.90. The van der Waals surface area contributed by atoms with Gasteiger partial charge in [-0.2, -0.15) is 0 Å². The molecule has 0 aromatic carbocycles. The fourth-order valence-corrected chi connectivity index (χ4v) is 3.12. The van der Waals surface area contributed by atoms with Crippen molar-refractivity contribution in [3.8, 4) is 11.3 Å². The zero-order valence-corrected chi connectivity index (χ0v) is 13.9. The third-order valence-electron chi connectivity index (χ3n) is 4.26. The van der Waals surface area contributed by atoms with E-state index in [0.29, 0.717) is 17.9 Å². The van der Waals surface area contributed by atoms with Crippen LogP contribution < -0.4 is 5.32 Å². The van der Waals surface area contributed by atoms with Crippen molar-refractivity contribution < 1.29 is 9.21 Å². The van der Waals surface area contributed by atoms with Gasteiger partial charge in [0.2, 0.25) is 5.89 Å². The van der Waals surface area contributed by atoms with E-state index >= 15 is 0 Å². The number of H-pyrrole nitrogens is 1. The summed E-state index contributed by atoms with van der Waals surface area (Å²) >= 11 is 0. The second-order valence-corrected chi connectivity index (χ2v) is 6.01. The molecule has 4 rings (SSSR count). The average molecular weight is 338 g/mol. The molecule has 2 N–H and O–H groups in total. The molecule has 3 aromatic rings. The molecule has 8 heteroatoms. The van der Waals surface area contributed by atoms with E-state index < -0.39 is 0 Å². The third-order valence-corrected chi connectivity index (χ3v) is 4.26. The van der Waals surface area contributed by atoms with Crippen LogP contribution in [0.15, 0.2) is 23.1 Å². The Kier molecular flexibility index (Phi) is 4.01. The van der Waals surface area contributed by atoms with E-state index in [0.717, 1.165) is 48.2 Å². The van der Waals surface area contributed by atoms with Crippen molar-refractivity contribution in [1.82, 2.24) is 25.1 Å². The van der Waals surface area contributed by atoms with Gasteiger partial charge in [-0.25, -0.2) is 9.97 Å². The highest BCUT2D eigenvalue weighted by molar-refractivity contribution is 6.08. The Morgan fingerprint density at radius 2 is 2.28 bits per heavy atom. The summed E-state index contributed by atoms with van der Waals surface area (Å²) in [5.41, 5.74) is 4.23. The molecule has 0 radical (unpaired) electrons. The van der Waals surface area contributed by atoms with E-state index in [2.05, 4.69) is 30.5 Å². The molecule has 1 amide bonds. The van der Waals surface area contributed by atoms with Gasteiger partial charge in [0.15, 0.2) is 0 Å². The predicted molar refractivity (Wildman–Crippen MR) is 90.1 cm³/mol. The lowest BCUT2D eigenvalue weighted by Crippen LogP contribution is -2.13. The van der Waals surface area contributed by atoms with Crippen molar-refractivity contribution in [2.75, 3.05) is 5.32 Å². The standard InChI is InChI=1S/C17H18N6O2/c1-2-4-13-22-23-17(25-13)21-16(24)11-8-19-12-6-3-5-10-7-18-9-20-15(10)14(11)12/h7-9,19H,2-6H2,1H3,(H,21,23,24). The minimum Gasteiger partial charge on any atom is -0.408 e. The molecule has 1 aliphatic carbocycles. The predicted octanol–water partition coefficient (Wildman–Crippen LogP) is 2.55. The Bertz CT molecular complexity index is 914. The maximum absolute atomic E-state index is 12.7. The van der Waals surface area contributed by atoms with Gasteiger partial charge >= 0.3 is 6.01 Å². The first-order valence-corrected chi connectivity index (χ1v) is 8.39. The van der Waals surface area contributed by atoms with Gasteiger partial charge in [0, 0.05) is 30.1 Å². The van der Waals surface area contributed by atoms with Crippen molar-refractivity contribution in [2.24, 2.45) is 0 Å². The summed E-state index contributed by atoms with van der Waals surface area (Å²) in [6.07, 6.45) is 9.37. The molecule has 128 valence electrons. The van der Waals surface area contributed by atoms with E-state index in [1.807, 2.05) is 13.1 Å². The monoisotopic (exact) mass is 338 g/mol. The fraction of sp³-hybridized carbons (Fsp3) is 0.353. The molecular formula is C17H18N6O2. The molecule has 0 spiro atoms. The summed E-state index contributed by atoms with van der Waals surface area (Å²) in [5, 5.41) is 10.5. The minimum absolute atomic E-state index is 0.111. The average Bonchev–Trinajstić information content (AvgIpc) is 3.18. The van der Waals surface area contributed by atoms with Crippen molar-refractivity contribution in [3.05, 3.63) is 41.4 Å². The molecule has 0 bridgehead atoms. The number of nitrogens with zero attached hydrogens (tertiary/aromatic N) is 4. The van der Waals surface area contributed by atoms with Gasteiger partial charge in [0.05, 0.1) is 11.3 Å². The topological polar surface area (TPSA) is 110 Å². The van der Waals surface area contributed by atoms with E-state index in [9.17, 15) is 4.79 Å². The molecule has 1 aliphatic rings. The first-order valence-electron chi connectivity index (χ1n) is 8.39. The molecule has 0 saturated carbocycles. The number of anilines is 1. The minimum atomic E-state index is -0.296. The number of hydrogen-bond acceptors (Lipinski definition) is 6. The van der Waals surface area contributed by atoms with Crippen LogP contribution in [-0.2, 0) is 19.3 Å². The van der Waals surface area contributed by atoms with Gasteiger partial charge in [-0.1, -0.05) is 12.0 Å². The van der Waals surface area contributed by atoms with Gasteiger partial charge in [0.1, 0.15) is 6.33 Å². The van der Waals surface area contributed by atoms with Crippen LogP contribution >= 0.6 is 0 Å². The second kappa shape index (κ2) is 6.46. The summed E-state index contributed by atoms with van der Waals surface area (Å²) in [6, 6.07) is 0.111. The normalized spacial score (nSPS) is 13.0. The van der Waals surface area contributed by atoms with Gasteiger partial charge in [-0.3, -0.25) is 10.1 Å². The molecule has 0 atom stereocenters. The van der Waals surface area contributed by atoms with Crippen LogP contribution in [0.1, 0.15) is 47.3 Å². The maximum atomic E-state index is 12.7. The number of fused-ring (bicyclic) bond motifs is 3. The molecule has 8 nitrogen and oxygen atoms in total. The molecule has 0 unspecified atom stereocenters. The number of aromatic amines is 1. The summed E-state index contributed by atoms with van der Waals surface area (Å²) in [5.74, 6) is 0.222. The van der Waals surface area contributed by atoms with Gasteiger partial charge in [-0.05, 0) is 31.2 Å². The number of aryl methyl sites for hydroxylation is 3. The zero-order valence-electron chi connectivity index (χ0n) is 13.9. The van der Waals surface area contributed by atoms with Crippen molar-refractivity contribution in [3.63, 3.8) is 0 Å². The molecule has 25 heavy (non-hydrogen) atoms. The fourth-order valence-electron chi connectivity index (χ4n) is 3.12. The highest BCUT2D eigenvalue weighted by atomic mass is 16.4. The second-order valence-electron chi connectivity index (χ2n) is 6.01. The van der Waals surface area contributed by atoms with Crippen molar-refractivity contribution in [2.45, 2.75) is 39.0 Å². The van der Waals surface area contributed by atoms with Gasteiger partial charge in [-0.15, -0.1) is 5.10 Å². The first kappa shape index (κ1) is 15.5. The Balaban J connectivity index is 1.66. The van der Waals surface area contributed by atoms with Crippen molar-refractivity contribution >= 4 is 11.9 Å². The van der Waals surface area contributed by atoms with Crippen LogP contribution in [-0.4, -0.2) is 31.1 Å². The number of rotatable bonds is 4. The summed E-state index contributed by atoms with van der Waals surface area (Å²) in [7, 11) is 0. The molecule has 0 aliphatic heterocycles. The number of amides is 1. The number of carbonyl (C=O) groups is 1. The smallest absolute Gasteiger partial charge is 0.322 e. The highest BCUT2D eigenvalue weighted by Gasteiger charge is 2.25. The van der Waals surface area contributed by atoms with Gasteiger partial charge in [0.25, 0.3) is 5.91 Å². The lowest BCUT2D eigenvalue weighted by Gasteiger charge is -2.06. The molecule has 0 saturated heterocycles. The molecule has 3 aromatic heterocycles. The van der Waals surface area contributed by atoms with Crippen LogP contribution in [0.5, 0.6) is 0 Å². The molecular weight excluding hydrogens is 320 g/mol. The van der Waals surface area contributed by atoms with Crippen LogP contribution in [0.4, 0.5) is 6.01 Å². The Morgan fingerprint density at radius 1 is 1.36 bits per heavy atom. The quantitative estimate of drug-likeness (QED) is 0.756. The molecule has 0 fully saturated rings. The van der Waals surface area contributed by atoms with E-state index in [-0.39, 0.29) is 11.9 Å². The number of hydrogen-bond donors (Lipinski definition) is 2. The summed E-state index contributed by atoms with van der Waals surface area (Å²) in [6.45, 7) is 2.02. The Hall–Kier alpha value is -3.03. The van der Waals surface area contributed by atoms with E-state index in [4.69, 9.17) is 4.42 Å². The van der Waals surface area contributed by atoms with Crippen LogP contribution in [0.25, 0.3) is 11.3 Å². The van der Waals surface area contributed by atoms with Crippen LogP contribution in [0, 0.1) is 0 Å². The summed E-state index contributed by atoms with van der Waals surface area (Å²) < 4.78 is 5.44.